The minimum Gasteiger partial charge on any atom is -0.494 e. The van der Waals surface area contributed by atoms with Gasteiger partial charge in [0.15, 0.2) is 17.4 Å². The molecule has 11 nitrogen and oxygen atoms in total. The Balaban J connectivity index is 1.38. The van der Waals surface area contributed by atoms with Gasteiger partial charge in [0.25, 0.3) is 18.2 Å². The van der Waals surface area contributed by atoms with Gasteiger partial charge in [-0.15, -0.1) is 0 Å². The standard InChI is InChI=1S/C31H36ClF3N6O5/c1-38(2)17-19(42)6-10-25(43)40-11-13-41(14-12-40)31(45)20-7-5-18(15-22(20)32)37-30(44)29-36-16-23(39(29)3)21-8-9-24(46-4)27(33)26(21)28(34)35/h5,7-9,15-16,19,28,42H,6,10-14,17H2,1-4H3,(H,37,44)/t19-/m1/s1. The lowest BCUT2D eigenvalue weighted by Gasteiger charge is -2.35. The highest BCUT2D eigenvalue weighted by molar-refractivity contribution is 6.34. The van der Waals surface area contributed by atoms with Gasteiger partial charge < -0.3 is 34.4 Å². The Hall–Kier alpha value is -4.14. The number of alkyl halides is 2. The Morgan fingerprint density at radius 2 is 1.78 bits per heavy atom. The Morgan fingerprint density at radius 1 is 1.11 bits per heavy atom. The Kier molecular flexibility index (Phi) is 11.3. The molecule has 1 atom stereocenters. The number of aliphatic hydroxyl groups excluding tert-OH is 1. The second-order valence-electron chi connectivity index (χ2n) is 11.1. The molecule has 2 N–H and O–H groups in total. The average Bonchev–Trinajstić information content (AvgIpc) is 3.40. The minimum absolute atomic E-state index is 0.0755. The number of halogens is 4. The second-order valence-corrected chi connectivity index (χ2v) is 11.6. The number of nitrogens with zero attached hydrogens (tertiary/aromatic N) is 5. The number of benzene rings is 2. The van der Waals surface area contributed by atoms with Crippen LogP contribution in [0, 0.1) is 5.82 Å². The second kappa shape index (κ2) is 15.0. The van der Waals surface area contributed by atoms with Crippen molar-refractivity contribution in [1.82, 2.24) is 24.3 Å². The molecule has 0 aliphatic carbocycles. The predicted octanol–water partition coefficient (Wildman–Crippen LogP) is 4.07. The first kappa shape index (κ1) is 34.7. The molecule has 1 fully saturated rings. The van der Waals surface area contributed by atoms with Crippen LogP contribution in [0.4, 0.5) is 18.9 Å². The fourth-order valence-electron chi connectivity index (χ4n) is 5.28. The lowest BCUT2D eigenvalue weighted by Crippen LogP contribution is -2.50. The van der Waals surface area contributed by atoms with Gasteiger partial charge in [-0.2, -0.15) is 0 Å². The molecule has 4 rings (SSSR count). The minimum atomic E-state index is -3.15. The van der Waals surface area contributed by atoms with Crippen molar-refractivity contribution >= 4 is 35.0 Å². The number of likely N-dealkylation sites (N-methyl/N-ethyl adjacent to an activating group) is 1. The molecule has 2 aromatic carbocycles. The number of ether oxygens (including phenoxy) is 1. The van der Waals surface area contributed by atoms with Gasteiger partial charge in [-0.3, -0.25) is 14.4 Å². The van der Waals surface area contributed by atoms with E-state index in [1.807, 2.05) is 19.0 Å². The Labute approximate surface area is 269 Å². The third kappa shape index (κ3) is 7.80. The van der Waals surface area contributed by atoms with E-state index in [0.29, 0.717) is 39.1 Å². The van der Waals surface area contributed by atoms with Crippen molar-refractivity contribution in [3.63, 3.8) is 0 Å². The molecule has 1 aromatic heterocycles. The molecular formula is C31H36ClF3N6O5. The molecule has 15 heteroatoms. The topological polar surface area (TPSA) is 120 Å². The zero-order valence-corrected chi connectivity index (χ0v) is 26.7. The van der Waals surface area contributed by atoms with Crippen molar-refractivity contribution in [1.29, 1.82) is 0 Å². The quantitative estimate of drug-likeness (QED) is 0.317. The van der Waals surface area contributed by atoms with Gasteiger partial charge >= 0.3 is 0 Å². The van der Waals surface area contributed by atoms with Gasteiger partial charge in [0.1, 0.15) is 0 Å². The van der Waals surface area contributed by atoms with Crippen molar-refractivity contribution < 1.29 is 37.4 Å². The number of carbonyl (C=O) groups excluding carboxylic acids is 3. The zero-order chi connectivity index (χ0) is 33.7. The first-order valence-corrected chi connectivity index (χ1v) is 14.9. The van der Waals surface area contributed by atoms with Gasteiger partial charge in [-0.1, -0.05) is 11.6 Å². The fourth-order valence-corrected chi connectivity index (χ4v) is 5.54. The summed E-state index contributed by atoms with van der Waals surface area (Å²) in [4.78, 5) is 48.0. The molecule has 1 saturated heterocycles. The van der Waals surface area contributed by atoms with E-state index in [-0.39, 0.29) is 57.3 Å². The first-order chi connectivity index (χ1) is 21.8. The molecule has 248 valence electrons. The van der Waals surface area contributed by atoms with E-state index in [4.69, 9.17) is 16.3 Å². The maximum Gasteiger partial charge on any atom is 0.291 e. The number of hydrogen-bond acceptors (Lipinski definition) is 7. The van der Waals surface area contributed by atoms with E-state index in [1.165, 1.54) is 55.3 Å². The fraction of sp³-hybridized carbons (Fsp3) is 0.419. The van der Waals surface area contributed by atoms with Crippen LogP contribution >= 0.6 is 11.6 Å². The molecule has 2 heterocycles. The SMILES string of the molecule is COc1ccc(-c2cnc(C(=O)Nc3ccc(C(=O)N4CCN(C(=O)CC[C@@H](O)CN(C)C)CC4)c(Cl)c3)n2C)c(C(F)F)c1F. The van der Waals surface area contributed by atoms with Gasteiger partial charge in [0, 0.05) is 57.4 Å². The number of amides is 3. The van der Waals surface area contributed by atoms with Gasteiger partial charge in [0.2, 0.25) is 5.91 Å². The monoisotopic (exact) mass is 664 g/mol. The summed E-state index contributed by atoms with van der Waals surface area (Å²) < 4.78 is 48.3. The van der Waals surface area contributed by atoms with E-state index in [2.05, 4.69) is 10.3 Å². The maximum absolute atomic E-state index is 14.7. The van der Waals surface area contributed by atoms with Crippen molar-refractivity contribution in [2.45, 2.75) is 25.4 Å². The van der Waals surface area contributed by atoms with E-state index < -0.39 is 29.8 Å². The van der Waals surface area contributed by atoms with Crippen LogP contribution in [0.1, 0.15) is 45.8 Å². The number of rotatable bonds is 11. The summed E-state index contributed by atoms with van der Waals surface area (Å²) in [5, 5.41) is 12.7. The number of methoxy groups -OCH3 is 1. The molecule has 0 unspecified atom stereocenters. The molecule has 1 aliphatic heterocycles. The molecule has 3 amide bonds. The zero-order valence-electron chi connectivity index (χ0n) is 25.9. The Morgan fingerprint density at radius 3 is 2.39 bits per heavy atom. The van der Waals surface area contributed by atoms with E-state index in [9.17, 15) is 32.7 Å². The van der Waals surface area contributed by atoms with Crippen LogP contribution in [0.2, 0.25) is 5.02 Å². The van der Waals surface area contributed by atoms with E-state index in [0.717, 1.165) is 0 Å². The molecule has 1 aliphatic rings. The molecule has 0 spiro atoms. The van der Waals surface area contributed by atoms with Gasteiger partial charge in [0.05, 0.1) is 41.3 Å². The summed E-state index contributed by atoms with van der Waals surface area (Å²) in [7, 11) is 6.30. The molecular weight excluding hydrogens is 629 g/mol. The summed E-state index contributed by atoms with van der Waals surface area (Å²) in [5.74, 6) is -2.76. The highest BCUT2D eigenvalue weighted by Gasteiger charge is 2.28. The van der Waals surface area contributed by atoms with E-state index in [1.54, 1.807) is 9.80 Å². The lowest BCUT2D eigenvalue weighted by molar-refractivity contribution is -0.133. The summed E-state index contributed by atoms with van der Waals surface area (Å²) >= 11 is 6.43. The predicted molar refractivity (Wildman–Crippen MR) is 166 cm³/mol. The number of aliphatic hydroxyl groups is 1. The van der Waals surface area contributed by atoms with Crippen LogP contribution in [0.5, 0.6) is 5.75 Å². The summed E-state index contributed by atoms with van der Waals surface area (Å²) in [6, 6.07) is 6.86. The van der Waals surface area contributed by atoms with Crippen molar-refractivity contribution in [3.05, 3.63) is 64.3 Å². The highest BCUT2D eigenvalue weighted by Crippen LogP contribution is 2.37. The first-order valence-electron chi connectivity index (χ1n) is 14.5. The molecule has 0 radical (unpaired) electrons. The molecule has 46 heavy (non-hydrogen) atoms. The number of anilines is 1. The maximum atomic E-state index is 14.7. The van der Waals surface area contributed by atoms with Gasteiger partial charge in [-0.25, -0.2) is 18.2 Å². The molecule has 0 saturated carbocycles. The average molecular weight is 665 g/mol. The summed E-state index contributed by atoms with van der Waals surface area (Å²) in [6.45, 7) is 1.81. The number of aromatic nitrogens is 2. The van der Waals surface area contributed by atoms with Crippen LogP contribution < -0.4 is 10.1 Å². The van der Waals surface area contributed by atoms with Crippen molar-refractivity contribution in [2.24, 2.45) is 7.05 Å². The third-order valence-electron chi connectivity index (χ3n) is 7.69. The number of nitrogens with one attached hydrogen (secondary N) is 1. The molecule has 0 bridgehead atoms. The number of carbonyl (C=O) groups is 3. The number of imidazole rings is 1. The highest BCUT2D eigenvalue weighted by atomic mass is 35.5. The largest absolute Gasteiger partial charge is 0.494 e. The van der Waals surface area contributed by atoms with E-state index >= 15 is 0 Å². The molecule has 3 aromatic rings. The van der Waals surface area contributed by atoms with Crippen LogP contribution in [0.3, 0.4) is 0 Å². The Bertz CT molecular complexity index is 1590. The lowest BCUT2D eigenvalue weighted by atomic mass is 10.0. The van der Waals surface area contributed by atoms with Crippen LogP contribution in [0.25, 0.3) is 11.3 Å². The smallest absolute Gasteiger partial charge is 0.291 e. The summed E-state index contributed by atoms with van der Waals surface area (Å²) in [5.41, 5.74) is -0.454. The van der Waals surface area contributed by atoms with Crippen LogP contribution in [-0.2, 0) is 11.8 Å². The van der Waals surface area contributed by atoms with Crippen LogP contribution in [-0.4, -0.2) is 107 Å². The summed E-state index contributed by atoms with van der Waals surface area (Å²) in [6.07, 6.45) is -1.97. The van der Waals surface area contributed by atoms with Crippen molar-refractivity contribution in [2.75, 3.05) is 59.2 Å². The van der Waals surface area contributed by atoms with Gasteiger partial charge in [-0.05, 0) is 50.8 Å². The normalized spacial score (nSPS) is 14.2. The van der Waals surface area contributed by atoms with Crippen LogP contribution in [0.15, 0.2) is 36.5 Å². The van der Waals surface area contributed by atoms with Crippen molar-refractivity contribution in [3.8, 4) is 17.0 Å². The third-order valence-corrected chi connectivity index (χ3v) is 8.01. The number of hydrogen-bond donors (Lipinski definition) is 2. The number of piperazine rings is 1.